The highest BCUT2D eigenvalue weighted by Gasteiger charge is 2.56. The Labute approximate surface area is 167 Å². The van der Waals surface area contributed by atoms with Crippen LogP contribution in [-0.4, -0.2) is 11.2 Å². The molecule has 0 aromatic heterocycles. The van der Waals surface area contributed by atoms with Crippen LogP contribution in [0.4, 0.5) is 0 Å². The third-order valence-electron chi connectivity index (χ3n) is 10.7. The first-order valence-electron chi connectivity index (χ1n) is 12.2. The summed E-state index contributed by atoms with van der Waals surface area (Å²) in [5.41, 5.74) is 2.65. The normalized spacial score (nSPS) is 54.0. The van der Waals surface area contributed by atoms with Crippen molar-refractivity contribution >= 4 is 0 Å². The summed E-state index contributed by atoms with van der Waals surface area (Å²) < 4.78 is 0. The summed E-state index contributed by atoms with van der Waals surface area (Å²) in [5, 5.41) is 10.6. The predicted octanol–water partition coefficient (Wildman–Crippen LogP) is 6.61. The Hall–Kier alpha value is -0.300. The van der Waals surface area contributed by atoms with Crippen molar-refractivity contribution in [2.75, 3.05) is 0 Å². The second-order valence-electron chi connectivity index (χ2n) is 12.2. The Morgan fingerprint density at radius 3 is 2.48 bits per heavy atom. The largest absolute Gasteiger partial charge is 0.393 e. The molecule has 9 atom stereocenters. The molecule has 9 unspecified atom stereocenters. The van der Waals surface area contributed by atoms with Crippen LogP contribution in [0.1, 0.15) is 91.9 Å². The van der Waals surface area contributed by atoms with Gasteiger partial charge in [-0.25, -0.2) is 0 Å². The van der Waals surface area contributed by atoms with Crippen molar-refractivity contribution in [1.82, 2.24) is 0 Å². The maximum Gasteiger partial charge on any atom is 0.0594 e. The molecule has 4 fully saturated rings. The molecule has 0 radical (unpaired) electrons. The standard InChI is InChI=1S/C26H42O/c1-16-6-5-14-26(4)15-13-19-17-9-11-22-20(10-12-23(27)25(22,2)3)18(17)7-8-21(19)24(16)26/h8,16-20,22-24,27H,5-7,9-15H2,1-4H3. The maximum atomic E-state index is 10.6. The lowest BCUT2D eigenvalue weighted by molar-refractivity contribution is -0.111. The molecule has 0 bridgehead atoms. The van der Waals surface area contributed by atoms with E-state index in [1.165, 1.54) is 57.8 Å². The highest BCUT2D eigenvalue weighted by Crippen LogP contribution is 2.64. The molecule has 1 nitrogen and oxygen atoms in total. The molecule has 0 aliphatic heterocycles. The van der Waals surface area contributed by atoms with E-state index in [2.05, 4.69) is 33.8 Å². The van der Waals surface area contributed by atoms with Gasteiger partial charge in [-0.15, -0.1) is 0 Å². The van der Waals surface area contributed by atoms with Crippen LogP contribution in [0.15, 0.2) is 11.6 Å². The van der Waals surface area contributed by atoms with Crippen LogP contribution >= 0.6 is 0 Å². The number of rotatable bonds is 0. The fourth-order valence-corrected chi connectivity index (χ4v) is 9.32. The molecule has 152 valence electrons. The fourth-order valence-electron chi connectivity index (χ4n) is 9.32. The molecular weight excluding hydrogens is 328 g/mol. The monoisotopic (exact) mass is 370 g/mol. The van der Waals surface area contributed by atoms with Gasteiger partial charge in [0.25, 0.3) is 0 Å². The SMILES string of the molecule is CC1CCCC2(C)CCC3C(=CCC4C3CCC3C4CCC(O)C3(C)C)C12. The van der Waals surface area contributed by atoms with E-state index in [4.69, 9.17) is 0 Å². The zero-order chi connectivity index (χ0) is 19.0. The van der Waals surface area contributed by atoms with E-state index in [1.807, 2.05) is 5.57 Å². The van der Waals surface area contributed by atoms with Crippen molar-refractivity contribution in [3.63, 3.8) is 0 Å². The number of allylic oxidation sites excluding steroid dienone is 2. The Morgan fingerprint density at radius 2 is 1.67 bits per heavy atom. The molecule has 0 aromatic rings. The molecule has 4 saturated carbocycles. The van der Waals surface area contributed by atoms with Gasteiger partial charge in [0.2, 0.25) is 0 Å². The van der Waals surface area contributed by atoms with Crippen LogP contribution in [0.3, 0.4) is 0 Å². The van der Waals surface area contributed by atoms with Crippen LogP contribution in [0.25, 0.3) is 0 Å². The fraction of sp³-hybridized carbons (Fsp3) is 0.923. The first-order chi connectivity index (χ1) is 12.8. The molecule has 0 heterocycles. The van der Waals surface area contributed by atoms with Crippen molar-refractivity contribution in [1.29, 1.82) is 0 Å². The number of hydrogen-bond donors (Lipinski definition) is 1. The first kappa shape index (κ1) is 18.7. The minimum atomic E-state index is -0.0801. The quantitative estimate of drug-likeness (QED) is 0.476. The van der Waals surface area contributed by atoms with Crippen molar-refractivity contribution in [3.05, 3.63) is 11.6 Å². The summed E-state index contributed by atoms with van der Waals surface area (Å²) in [5.74, 6) is 6.17. The Kier molecular flexibility index (Phi) is 4.40. The molecule has 0 saturated heterocycles. The zero-order valence-electron chi connectivity index (χ0n) is 18.2. The second-order valence-corrected chi connectivity index (χ2v) is 12.2. The van der Waals surface area contributed by atoms with Crippen LogP contribution in [0.2, 0.25) is 0 Å². The summed E-state index contributed by atoms with van der Waals surface area (Å²) in [6.45, 7) is 9.89. The van der Waals surface area contributed by atoms with E-state index in [0.717, 1.165) is 47.8 Å². The van der Waals surface area contributed by atoms with Gasteiger partial charge in [0, 0.05) is 0 Å². The molecule has 0 spiro atoms. The molecular formula is C26H42O. The van der Waals surface area contributed by atoms with E-state index in [1.54, 1.807) is 0 Å². The molecule has 27 heavy (non-hydrogen) atoms. The highest BCUT2D eigenvalue weighted by molar-refractivity contribution is 5.25. The van der Waals surface area contributed by atoms with E-state index in [-0.39, 0.29) is 11.5 Å². The first-order valence-corrected chi connectivity index (χ1v) is 12.2. The van der Waals surface area contributed by atoms with Crippen LogP contribution < -0.4 is 0 Å². The van der Waals surface area contributed by atoms with Gasteiger partial charge in [-0.2, -0.15) is 0 Å². The van der Waals surface area contributed by atoms with Gasteiger partial charge in [0.05, 0.1) is 6.10 Å². The number of aliphatic hydroxyl groups is 1. The van der Waals surface area contributed by atoms with Crippen LogP contribution in [0, 0.1) is 52.3 Å². The molecule has 0 aromatic carbocycles. The minimum absolute atomic E-state index is 0.0801. The topological polar surface area (TPSA) is 20.2 Å². The highest BCUT2D eigenvalue weighted by atomic mass is 16.3. The van der Waals surface area contributed by atoms with Gasteiger partial charge in [-0.05, 0) is 104 Å². The zero-order valence-corrected chi connectivity index (χ0v) is 18.2. The van der Waals surface area contributed by atoms with Crippen molar-refractivity contribution in [2.45, 2.75) is 98.0 Å². The van der Waals surface area contributed by atoms with Crippen molar-refractivity contribution in [3.8, 4) is 0 Å². The van der Waals surface area contributed by atoms with E-state index in [9.17, 15) is 5.11 Å². The smallest absolute Gasteiger partial charge is 0.0594 e. The van der Waals surface area contributed by atoms with E-state index in [0.29, 0.717) is 5.41 Å². The average molecular weight is 371 g/mol. The lowest BCUT2D eigenvalue weighted by atomic mass is 9.45. The van der Waals surface area contributed by atoms with Gasteiger partial charge in [0.1, 0.15) is 0 Å². The van der Waals surface area contributed by atoms with Gasteiger partial charge in [-0.3, -0.25) is 0 Å². The number of aliphatic hydroxyl groups excluding tert-OH is 1. The third kappa shape index (κ3) is 2.66. The van der Waals surface area contributed by atoms with Crippen molar-refractivity contribution in [2.24, 2.45) is 52.3 Å². The summed E-state index contributed by atoms with van der Waals surface area (Å²) in [4.78, 5) is 0. The lowest BCUT2D eigenvalue weighted by Gasteiger charge is -2.60. The molecule has 5 aliphatic carbocycles. The summed E-state index contributed by atoms with van der Waals surface area (Å²) in [7, 11) is 0. The van der Waals surface area contributed by atoms with Crippen molar-refractivity contribution < 1.29 is 5.11 Å². The summed E-state index contributed by atoms with van der Waals surface area (Å²) >= 11 is 0. The summed E-state index contributed by atoms with van der Waals surface area (Å²) in [6, 6.07) is 0. The molecule has 5 aliphatic rings. The maximum absolute atomic E-state index is 10.6. The minimum Gasteiger partial charge on any atom is -0.393 e. The summed E-state index contributed by atoms with van der Waals surface area (Å²) in [6.07, 6.45) is 16.5. The number of fused-ring (bicyclic) bond motifs is 7. The molecule has 0 amide bonds. The van der Waals surface area contributed by atoms with E-state index < -0.39 is 0 Å². The molecule has 5 rings (SSSR count). The van der Waals surface area contributed by atoms with Gasteiger partial charge in [-0.1, -0.05) is 52.2 Å². The van der Waals surface area contributed by atoms with Gasteiger partial charge < -0.3 is 5.11 Å². The Morgan fingerprint density at radius 1 is 0.889 bits per heavy atom. The average Bonchev–Trinajstić information content (AvgIpc) is 2.63. The van der Waals surface area contributed by atoms with Crippen LogP contribution in [0.5, 0.6) is 0 Å². The van der Waals surface area contributed by atoms with Gasteiger partial charge >= 0.3 is 0 Å². The van der Waals surface area contributed by atoms with E-state index >= 15 is 0 Å². The second kappa shape index (κ2) is 6.35. The molecule has 1 heteroatoms. The van der Waals surface area contributed by atoms with Gasteiger partial charge in [0.15, 0.2) is 0 Å². The number of hydrogen-bond acceptors (Lipinski definition) is 1. The van der Waals surface area contributed by atoms with Crippen LogP contribution in [-0.2, 0) is 0 Å². The predicted molar refractivity (Wildman–Crippen MR) is 112 cm³/mol. The Bertz CT molecular complexity index is 618. The Balaban J connectivity index is 1.45. The lowest BCUT2D eigenvalue weighted by Crippen LogP contribution is -2.53. The third-order valence-corrected chi connectivity index (χ3v) is 10.7. The molecule has 1 N–H and O–H groups in total.